The van der Waals surface area contributed by atoms with E-state index in [1.165, 1.54) is 17.7 Å². The first-order valence-electron chi connectivity index (χ1n) is 6.83. The van der Waals surface area contributed by atoms with Crippen LogP contribution in [-0.4, -0.2) is 26.2 Å². The molecule has 0 radical (unpaired) electrons. The van der Waals surface area contributed by atoms with Gasteiger partial charge in [0.2, 0.25) is 0 Å². The van der Waals surface area contributed by atoms with E-state index >= 15 is 0 Å². The molecule has 0 aliphatic carbocycles. The molecule has 23 heavy (non-hydrogen) atoms. The molecule has 0 aliphatic rings. The monoisotopic (exact) mass is 338 g/mol. The number of hydrogen-bond donors (Lipinski definition) is 0. The van der Waals surface area contributed by atoms with E-state index in [1.807, 2.05) is 24.4 Å². The molecule has 0 saturated heterocycles. The molecule has 0 amide bonds. The minimum Gasteiger partial charge on any atom is -0.296 e. The van der Waals surface area contributed by atoms with Crippen molar-refractivity contribution in [2.24, 2.45) is 0 Å². The molecule has 7 heteroatoms. The van der Waals surface area contributed by atoms with Crippen molar-refractivity contribution in [2.45, 2.75) is 6.92 Å². The second kappa shape index (κ2) is 5.60. The lowest BCUT2D eigenvalue weighted by Gasteiger charge is -2.02. The van der Waals surface area contributed by atoms with E-state index in [4.69, 9.17) is 0 Å². The number of carbonyl (C=O) groups excluding carboxylic acids is 1. The Labute approximate surface area is 139 Å². The smallest absolute Gasteiger partial charge is 0.168 e. The van der Waals surface area contributed by atoms with Crippen LogP contribution < -0.4 is 0 Å². The fourth-order valence-corrected chi connectivity index (χ4v) is 4.24. The average Bonchev–Trinajstić information content (AvgIpc) is 3.21. The Balaban J connectivity index is 1.93. The van der Waals surface area contributed by atoms with Gasteiger partial charge in [-0.05, 0) is 24.4 Å². The number of pyridine rings is 1. The van der Waals surface area contributed by atoms with Crippen LogP contribution in [0.2, 0.25) is 0 Å². The molecule has 0 fully saturated rings. The van der Waals surface area contributed by atoms with Gasteiger partial charge >= 0.3 is 0 Å². The second-order valence-corrected chi connectivity index (χ2v) is 6.85. The highest BCUT2D eigenvalue weighted by atomic mass is 32.1. The Morgan fingerprint density at radius 2 is 2.00 bits per heavy atom. The molecule has 112 valence electrons. The van der Waals surface area contributed by atoms with Crippen molar-refractivity contribution in [3.8, 4) is 21.1 Å². The first-order valence-corrected chi connectivity index (χ1v) is 8.52. The summed E-state index contributed by atoms with van der Waals surface area (Å²) in [5, 5.41) is 3.90. The number of hydrogen-bond acceptors (Lipinski definition) is 7. The van der Waals surface area contributed by atoms with Crippen LogP contribution in [0.3, 0.4) is 0 Å². The molecule has 0 saturated carbocycles. The van der Waals surface area contributed by atoms with Gasteiger partial charge in [0.05, 0.1) is 16.3 Å². The van der Waals surface area contributed by atoms with E-state index < -0.39 is 0 Å². The molecule has 0 unspecified atom stereocenters. The van der Waals surface area contributed by atoms with Crippen LogP contribution >= 0.6 is 22.7 Å². The summed E-state index contributed by atoms with van der Waals surface area (Å²) in [5.74, 6) is 0. The first-order chi connectivity index (χ1) is 11.3. The number of nitrogens with zero attached hydrogens (tertiary/aromatic N) is 4. The third-order valence-corrected chi connectivity index (χ3v) is 5.49. The predicted octanol–water partition coefficient (Wildman–Crippen LogP) is 4.00. The summed E-state index contributed by atoms with van der Waals surface area (Å²) < 4.78 is 1.05. The number of aromatic nitrogens is 4. The molecule has 4 rings (SSSR count). The number of rotatable bonds is 3. The molecule has 0 atom stereocenters. The van der Waals surface area contributed by atoms with Gasteiger partial charge in [0.1, 0.15) is 17.0 Å². The molecule has 4 aromatic rings. The van der Waals surface area contributed by atoms with Crippen LogP contribution in [-0.2, 0) is 0 Å². The van der Waals surface area contributed by atoms with E-state index in [1.54, 1.807) is 23.7 Å². The molecule has 0 aromatic carbocycles. The topological polar surface area (TPSA) is 68.6 Å². The highest BCUT2D eigenvalue weighted by Crippen LogP contribution is 2.38. The first kappa shape index (κ1) is 14.1. The standard InChI is InChI=1S/C16H10N4OS2/c1-9-15(23-16(19-9)10-5-17-8-18-6-10)14-12-2-3-22-13(12)4-11(7-21)20-14/h2-8H,1H3. The maximum atomic E-state index is 11.2. The van der Waals surface area contributed by atoms with Crippen molar-refractivity contribution < 1.29 is 4.79 Å². The van der Waals surface area contributed by atoms with Crippen LogP contribution in [0.25, 0.3) is 31.2 Å². The van der Waals surface area contributed by atoms with Crippen molar-refractivity contribution in [1.82, 2.24) is 19.9 Å². The number of aldehydes is 1. The van der Waals surface area contributed by atoms with Gasteiger partial charge in [-0.3, -0.25) is 4.79 Å². The molecule has 4 heterocycles. The lowest BCUT2D eigenvalue weighted by molar-refractivity contribution is 0.111. The minimum atomic E-state index is 0.437. The highest BCUT2D eigenvalue weighted by Gasteiger charge is 2.16. The average molecular weight is 338 g/mol. The summed E-state index contributed by atoms with van der Waals surface area (Å²) in [5.41, 5.74) is 3.01. The third-order valence-electron chi connectivity index (χ3n) is 3.41. The molecular formula is C16H10N4OS2. The van der Waals surface area contributed by atoms with Crippen LogP contribution in [0.1, 0.15) is 16.2 Å². The van der Waals surface area contributed by atoms with E-state index in [-0.39, 0.29) is 0 Å². The van der Waals surface area contributed by atoms with Gasteiger partial charge in [-0.25, -0.2) is 19.9 Å². The number of carbonyl (C=O) groups is 1. The maximum absolute atomic E-state index is 11.2. The van der Waals surface area contributed by atoms with Crippen molar-refractivity contribution in [1.29, 1.82) is 0 Å². The van der Waals surface area contributed by atoms with Crippen molar-refractivity contribution in [2.75, 3.05) is 0 Å². The van der Waals surface area contributed by atoms with Gasteiger partial charge in [-0.1, -0.05) is 0 Å². The van der Waals surface area contributed by atoms with Crippen LogP contribution in [0.5, 0.6) is 0 Å². The zero-order valence-electron chi connectivity index (χ0n) is 12.1. The summed E-state index contributed by atoms with van der Waals surface area (Å²) in [6.45, 7) is 1.95. The van der Waals surface area contributed by atoms with E-state index in [9.17, 15) is 4.79 Å². The fraction of sp³-hybridized carbons (Fsp3) is 0.0625. The maximum Gasteiger partial charge on any atom is 0.168 e. The van der Waals surface area contributed by atoms with Gasteiger partial charge in [-0.15, -0.1) is 22.7 Å². The highest BCUT2D eigenvalue weighted by molar-refractivity contribution is 7.19. The third kappa shape index (κ3) is 2.43. The van der Waals surface area contributed by atoms with Gasteiger partial charge < -0.3 is 0 Å². The summed E-state index contributed by atoms with van der Waals surface area (Å²) in [6.07, 6.45) is 5.76. The normalized spacial score (nSPS) is 11.0. The molecule has 5 nitrogen and oxygen atoms in total. The Kier molecular flexibility index (Phi) is 3.44. The van der Waals surface area contributed by atoms with Gasteiger partial charge in [0.25, 0.3) is 0 Å². The molecule has 0 bridgehead atoms. The Morgan fingerprint density at radius 3 is 2.78 bits per heavy atom. The summed E-state index contributed by atoms with van der Waals surface area (Å²) in [4.78, 5) is 29.3. The summed E-state index contributed by atoms with van der Waals surface area (Å²) in [7, 11) is 0. The number of fused-ring (bicyclic) bond motifs is 1. The number of thiazole rings is 1. The SMILES string of the molecule is Cc1nc(-c2cncnc2)sc1-c1nc(C=O)cc2sccc12. The van der Waals surface area contributed by atoms with Gasteiger partial charge in [0.15, 0.2) is 6.29 Å². The molecule has 4 aromatic heterocycles. The van der Waals surface area contributed by atoms with Crippen molar-refractivity contribution >= 4 is 39.0 Å². The quantitative estimate of drug-likeness (QED) is 0.528. The predicted molar refractivity (Wildman–Crippen MR) is 91.9 cm³/mol. The fourth-order valence-electron chi connectivity index (χ4n) is 2.37. The van der Waals surface area contributed by atoms with Crippen LogP contribution in [0.4, 0.5) is 0 Å². The van der Waals surface area contributed by atoms with E-state index in [0.29, 0.717) is 5.69 Å². The molecule has 0 aliphatic heterocycles. The van der Waals surface area contributed by atoms with Crippen molar-refractivity contribution in [3.05, 3.63) is 47.6 Å². The largest absolute Gasteiger partial charge is 0.296 e. The summed E-state index contributed by atoms with van der Waals surface area (Å²) >= 11 is 3.14. The Morgan fingerprint density at radius 1 is 1.17 bits per heavy atom. The lowest BCUT2D eigenvalue weighted by Crippen LogP contribution is -1.90. The molecule has 0 N–H and O–H groups in total. The van der Waals surface area contributed by atoms with Crippen molar-refractivity contribution in [3.63, 3.8) is 0 Å². The van der Waals surface area contributed by atoms with Crippen LogP contribution in [0, 0.1) is 6.92 Å². The molecular weight excluding hydrogens is 328 g/mol. The Bertz CT molecular complexity index is 1010. The van der Waals surface area contributed by atoms with E-state index in [0.717, 1.165) is 43.2 Å². The molecule has 0 spiro atoms. The number of aryl methyl sites for hydroxylation is 1. The Hall–Kier alpha value is -2.51. The zero-order chi connectivity index (χ0) is 15.8. The summed E-state index contributed by atoms with van der Waals surface area (Å²) in [6, 6.07) is 3.85. The zero-order valence-corrected chi connectivity index (χ0v) is 13.7. The van der Waals surface area contributed by atoms with Gasteiger partial charge in [0, 0.05) is 28.0 Å². The van der Waals surface area contributed by atoms with Gasteiger partial charge in [-0.2, -0.15) is 0 Å². The van der Waals surface area contributed by atoms with E-state index in [2.05, 4.69) is 19.9 Å². The minimum absolute atomic E-state index is 0.437. The number of thiophene rings is 1. The second-order valence-electron chi connectivity index (χ2n) is 4.91. The lowest BCUT2D eigenvalue weighted by atomic mass is 10.2. The van der Waals surface area contributed by atoms with Crippen LogP contribution in [0.15, 0.2) is 36.2 Å².